The second-order valence-corrected chi connectivity index (χ2v) is 7.08. The van der Waals surface area contributed by atoms with Gasteiger partial charge in [-0.2, -0.15) is 0 Å². The van der Waals surface area contributed by atoms with Crippen molar-refractivity contribution in [1.29, 1.82) is 0 Å². The van der Waals surface area contributed by atoms with Crippen molar-refractivity contribution in [1.82, 2.24) is 5.32 Å². The molecule has 0 saturated heterocycles. The average molecular weight is 388 g/mol. The van der Waals surface area contributed by atoms with E-state index < -0.39 is 12.1 Å². The Morgan fingerprint density at radius 1 is 1.11 bits per heavy atom. The number of hydrogen-bond acceptors (Lipinski definition) is 3. The zero-order valence-electron chi connectivity index (χ0n) is 14.9. The number of rotatable bonds is 7. The molecule has 1 amide bonds. The van der Waals surface area contributed by atoms with E-state index in [1.54, 1.807) is 6.07 Å². The van der Waals surface area contributed by atoms with Crippen LogP contribution in [0.25, 0.3) is 0 Å². The molecular weight excluding hydrogens is 366 g/mol. The summed E-state index contributed by atoms with van der Waals surface area (Å²) in [4.78, 5) is 23.0. The first kappa shape index (κ1) is 19.2. The van der Waals surface area contributed by atoms with Gasteiger partial charge in [0.15, 0.2) is 6.10 Å². The van der Waals surface area contributed by atoms with Crippen LogP contribution in [0.15, 0.2) is 42.5 Å². The molecule has 142 valence electrons. The normalized spacial score (nSPS) is 15.5. The zero-order chi connectivity index (χ0) is 19.2. The summed E-state index contributed by atoms with van der Waals surface area (Å²) < 4.78 is 5.79. The molecule has 2 aromatic rings. The maximum Gasteiger partial charge on any atom is 0.303 e. The first-order chi connectivity index (χ1) is 13.0. The van der Waals surface area contributed by atoms with Gasteiger partial charge in [-0.05, 0) is 60.6 Å². The van der Waals surface area contributed by atoms with E-state index in [4.69, 9.17) is 21.4 Å². The number of ether oxygens (including phenoxy) is 1. The molecule has 0 bridgehead atoms. The molecule has 1 aliphatic rings. The summed E-state index contributed by atoms with van der Waals surface area (Å²) in [6.45, 7) is 0.528. The topological polar surface area (TPSA) is 75.6 Å². The number of carboxylic acid groups (broad SMARTS) is 1. The van der Waals surface area contributed by atoms with Gasteiger partial charge in [0.2, 0.25) is 0 Å². The van der Waals surface area contributed by atoms with E-state index in [1.807, 2.05) is 36.4 Å². The molecule has 1 aliphatic heterocycles. The summed E-state index contributed by atoms with van der Waals surface area (Å²) in [5.74, 6) is -0.172. The Morgan fingerprint density at radius 2 is 1.81 bits per heavy atom. The smallest absolute Gasteiger partial charge is 0.303 e. The molecule has 0 fully saturated rings. The molecule has 0 aromatic heterocycles. The van der Waals surface area contributed by atoms with E-state index in [-0.39, 0.29) is 12.3 Å². The predicted molar refractivity (Wildman–Crippen MR) is 103 cm³/mol. The van der Waals surface area contributed by atoms with Crippen LogP contribution in [0.1, 0.15) is 29.5 Å². The highest BCUT2D eigenvalue weighted by Gasteiger charge is 2.25. The van der Waals surface area contributed by atoms with Crippen molar-refractivity contribution in [3.8, 4) is 5.75 Å². The summed E-state index contributed by atoms with van der Waals surface area (Å²) in [7, 11) is 0. The van der Waals surface area contributed by atoms with E-state index in [2.05, 4.69) is 5.32 Å². The Labute approximate surface area is 163 Å². The van der Waals surface area contributed by atoms with Gasteiger partial charge in [0.1, 0.15) is 5.75 Å². The maximum atomic E-state index is 12.4. The molecule has 0 radical (unpaired) electrons. The molecule has 1 heterocycles. The van der Waals surface area contributed by atoms with E-state index in [9.17, 15) is 9.59 Å². The van der Waals surface area contributed by atoms with Gasteiger partial charge in [-0.15, -0.1) is 0 Å². The fourth-order valence-electron chi connectivity index (χ4n) is 3.11. The number of hydrogen-bond donors (Lipinski definition) is 2. The van der Waals surface area contributed by atoms with Crippen molar-refractivity contribution in [3.63, 3.8) is 0 Å². The van der Waals surface area contributed by atoms with Crippen molar-refractivity contribution in [3.05, 3.63) is 64.2 Å². The number of aliphatic carboxylic acids is 1. The zero-order valence-corrected chi connectivity index (χ0v) is 15.7. The fraction of sp³-hybridized carbons (Fsp3) is 0.333. The highest BCUT2D eigenvalue weighted by Crippen LogP contribution is 2.30. The highest BCUT2D eigenvalue weighted by molar-refractivity contribution is 6.30. The fourth-order valence-corrected chi connectivity index (χ4v) is 3.30. The number of nitrogens with one attached hydrogen (secondary N) is 1. The molecular formula is C21H22ClNO4. The van der Waals surface area contributed by atoms with Crippen molar-refractivity contribution in [2.24, 2.45) is 0 Å². The molecule has 27 heavy (non-hydrogen) atoms. The van der Waals surface area contributed by atoms with Crippen LogP contribution in [0.4, 0.5) is 0 Å². The van der Waals surface area contributed by atoms with Crippen LogP contribution in [0.5, 0.6) is 5.75 Å². The molecule has 2 N–H and O–H groups in total. The molecule has 0 saturated carbocycles. The van der Waals surface area contributed by atoms with Gasteiger partial charge in [-0.1, -0.05) is 35.9 Å². The summed E-state index contributed by atoms with van der Waals surface area (Å²) in [6, 6.07) is 13.3. The molecule has 6 heteroatoms. The third kappa shape index (κ3) is 5.47. The summed E-state index contributed by atoms with van der Waals surface area (Å²) in [5.41, 5.74) is 3.13. The van der Waals surface area contributed by atoms with Gasteiger partial charge in [0, 0.05) is 18.0 Å². The summed E-state index contributed by atoms with van der Waals surface area (Å²) in [5, 5.41) is 12.3. The van der Waals surface area contributed by atoms with Crippen LogP contribution in [0.2, 0.25) is 5.02 Å². The molecule has 2 aromatic carbocycles. The second kappa shape index (κ2) is 8.91. The minimum atomic E-state index is -0.794. The Bertz CT molecular complexity index is 819. The van der Waals surface area contributed by atoms with Crippen LogP contribution in [0.3, 0.4) is 0 Å². The van der Waals surface area contributed by atoms with Crippen molar-refractivity contribution >= 4 is 23.5 Å². The summed E-state index contributed by atoms with van der Waals surface area (Å²) >= 11 is 5.98. The minimum Gasteiger partial charge on any atom is -0.481 e. The minimum absolute atomic E-state index is 0.103. The van der Waals surface area contributed by atoms with Gasteiger partial charge < -0.3 is 15.2 Å². The molecule has 5 nitrogen and oxygen atoms in total. The largest absolute Gasteiger partial charge is 0.481 e. The lowest BCUT2D eigenvalue weighted by molar-refractivity contribution is -0.137. The van der Waals surface area contributed by atoms with Crippen LogP contribution >= 0.6 is 11.6 Å². The van der Waals surface area contributed by atoms with E-state index >= 15 is 0 Å². The average Bonchev–Trinajstić information content (AvgIpc) is 2.66. The lowest BCUT2D eigenvalue weighted by Crippen LogP contribution is -2.41. The third-order valence-corrected chi connectivity index (χ3v) is 4.86. The Morgan fingerprint density at radius 3 is 2.52 bits per heavy atom. The van der Waals surface area contributed by atoms with Crippen molar-refractivity contribution in [2.45, 2.75) is 38.2 Å². The standard InChI is InChI=1S/C21H22ClNO4/c22-17-7-9-18-16(13-17)6-8-19(27-18)21(26)23-12-11-15-3-1-14(2-4-15)5-10-20(24)25/h1-4,7,9,13,19H,5-6,8,10-12H2,(H,23,26)(H,24,25). The lowest BCUT2D eigenvalue weighted by atomic mass is 10.0. The van der Waals surface area contributed by atoms with Gasteiger partial charge in [0.05, 0.1) is 0 Å². The van der Waals surface area contributed by atoms with Crippen LogP contribution < -0.4 is 10.1 Å². The predicted octanol–water partition coefficient (Wildman–Crippen LogP) is 3.41. The summed E-state index contributed by atoms with van der Waals surface area (Å²) in [6.07, 6.45) is 2.30. The van der Waals surface area contributed by atoms with Crippen LogP contribution in [-0.2, 0) is 28.9 Å². The van der Waals surface area contributed by atoms with E-state index in [0.717, 1.165) is 28.9 Å². The van der Waals surface area contributed by atoms with Gasteiger partial charge in [-0.25, -0.2) is 0 Å². The third-order valence-electron chi connectivity index (χ3n) is 4.62. The van der Waals surface area contributed by atoms with Gasteiger partial charge >= 0.3 is 5.97 Å². The number of halogens is 1. The quantitative estimate of drug-likeness (QED) is 0.763. The Balaban J connectivity index is 1.44. The molecule has 3 rings (SSSR count). The number of carboxylic acids is 1. The molecule has 1 atom stereocenters. The van der Waals surface area contributed by atoms with Gasteiger partial charge in [0.25, 0.3) is 5.91 Å². The Hall–Kier alpha value is -2.53. The molecule has 0 aliphatic carbocycles. The van der Waals surface area contributed by atoms with Crippen LogP contribution in [-0.4, -0.2) is 29.6 Å². The number of fused-ring (bicyclic) bond motifs is 1. The molecule has 0 spiro atoms. The first-order valence-corrected chi connectivity index (χ1v) is 9.41. The number of amides is 1. The lowest BCUT2D eigenvalue weighted by Gasteiger charge is -2.25. The highest BCUT2D eigenvalue weighted by atomic mass is 35.5. The second-order valence-electron chi connectivity index (χ2n) is 6.65. The van der Waals surface area contributed by atoms with E-state index in [0.29, 0.717) is 30.8 Å². The number of carbonyl (C=O) groups excluding carboxylic acids is 1. The van der Waals surface area contributed by atoms with Crippen molar-refractivity contribution < 1.29 is 19.4 Å². The van der Waals surface area contributed by atoms with Gasteiger partial charge in [-0.3, -0.25) is 9.59 Å². The van der Waals surface area contributed by atoms with Crippen LogP contribution in [0, 0.1) is 0 Å². The Kier molecular flexibility index (Phi) is 6.35. The monoisotopic (exact) mass is 387 g/mol. The first-order valence-electron chi connectivity index (χ1n) is 9.03. The number of aryl methyl sites for hydroxylation is 2. The maximum absolute atomic E-state index is 12.4. The number of benzene rings is 2. The molecule has 1 unspecified atom stereocenters. The number of carbonyl (C=O) groups is 2. The van der Waals surface area contributed by atoms with Crippen molar-refractivity contribution in [2.75, 3.05) is 6.54 Å². The SMILES string of the molecule is O=C(O)CCc1ccc(CCNC(=O)C2CCc3cc(Cl)ccc3O2)cc1. The van der Waals surface area contributed by atoms with E-state index in [1.165, 1.54) is 0 Å².